The van der Waals surface area contributed by atoms with Crippen LogP contribution >= 0.6 is 23.4 Å². The van der Waals surface area contributed by atoms with E-state index in [-0.39, 0.29) is 23.9 Å². The van der Waals surface area contributed by atoms with E-state index in [0.717, 1.165) is 16.8 Å². The molecule has 1 atom stereocenters. The highest BCUT2D eigenvalue weighted by atomic mass is 35.5. The lowest BCUT2D eigenvalue weighted by molar-refractivity contribution is -0.116. The number of rotatable bonds is 4. The number of amides is 1. The molecule has 0 aliphatic carbocycles. The SMILES string of the molecule is Cc1ccc(-n2ncc3c(=O)n4c(nc32)SCC4CC(=O)Nc2ccc(Cl)cc2)c(C)c1. The number of hydrogen-bond donors (Lipinski definition) is 1. The van der Waals surface area contributed by atoms with Crippen molar-refractivity contribution in [2.45, 2.75) is 31.5 Å². The summed E-state index contributed by atoms with van der Waals surface area (Å²) < 4.78 is 3.34. The van der Waals surface area contributed by atoms with Gasteiger partial charge < -0.3 is 5.32 Å². The minimum Gasteiger partial charge on any atom is -0.326 e. The fraction of sp³-hybridized carbons (Fsp3) is 0.217. The van der Waals surface area contributed by atoms with Gasteiger partial charge in [-0.25, -0.2) is 9.67 Å². The number of hydrogen-bond acceptors (Lipinski definition) is 5. The molecule has 2 aromatic carbocycles. The van der Waals surface area contributed by atoms with Crippen LogP contribution in [0, 0.1) is 13.8 Å². The highest BCUT2D eigenvalue weighted by molar-refractivity contribution is 7.99. The number of aryl methyl sites for hydroxylation is 2. The Morgan fingerprint density at radius 2 is 2.00 bits per heavy atom. The number of thioether (sulfide) groups is 1. The number of aromatic nitrogens is 4. The van der Waals surface area contributed by atoms with Gasteiger partial charge in [0, 0.05) is 22.9 Å². The van der Waals surface area contributed by atoms with Crippen molar-refractivity contribution in [3.8, 4) is 5.69 Å². The van der Waals surface area contributed by atoms with Gasteiger partial charge in [-0.05, 0) is 49.7 Å². The normalized spacial score (nSPS) is 15.2. The number of fused-ring (bicyclic) bond motifs is 2. The van der Waals surface area contributed by atoms with Crippen LogP contribution < -0.4 is 10.9 Å². The van der Waals surface area contributed by atoms with E-state index in [1.54, 1.807) is 39.7 Å². The molecule has 0 spiro atoms. The Hall–Kier alpha value is -3.10. The second kappa shape index (κ2) is 8.11. The van der Waals surface area contributed by atoms with Crippen molar-refractivity contribution >= 4 is 46.0 Å². The fourth-order valence-corrected chi connectivity index (χ4v) is 5.22. The van der Waals surface area contributed by atoms with Gasteiger partial charge in [0.15, 0.2) is 10.8 Å². The van der Waals surface area contributed by atoms with E-state index in [1.165, 1.54) is 11.8 Å². The van der Waals surface area contributed by atoms with Crippen molar-refractivity contribution in [1.82, 2.24) is 19.3 Å². The van der Waals surface area contributed by atoms with Crippen molar-refractivity contribution in [3.63, 3.8) is 0 Å². The summed E-state index contributed by atoms with van der Waals surface area (Å²) in [6.07, 6.45) is 1.74. The Balaban J connectivity index is 1.46. The van der Waals surface area contributed by atoms with E-state index in [4.69, 9.17) is 16.6 Å². The maximum Gasteiger partial charge on any atom is 0.265 e. The molecule has 1 amide bonds. The van der Waals surface area contributed by atoms with E-state index in [2.05, 4.69) is 16.5 Å². The van der Waals surface area contributed by atoms with Gasteiger partial charge in [0.2, 0.25) is 5.91 Å². The van der Waals surface area contributed by atoms with Crippen molar-refractivity contribution in [2.24, 2.45) is 0 Å². The summed E-state index contributed by atoms with van der Waals surface area (Å²) >= 11 is 7.38. The predicted molar refractivity (Wildman–Crippen MR) is 127 cm³/mol. The lowest BCUT2D eigenvalue weighted by Gasteiger charge is -2.14. The first-order valence-corrected chi connectivity index (χ1v) is 11.5. The van der Waals surface area contributed by atoms with Crippen molar-refractivity contribution in [1.29, 1.82) is 0 Å². The molecular formula is C23H20ClN5O2S. The van der Waals surface area contributed by atoms with Gasteiger partial charge in [-0.3, -0.25) is 14.2 Å². The Morgan fingerprint density at radius 1 is 1.22 bits per heavy atom. The molecule has 162 valence electrons. The maximum absolute atomic E-state index is 13.3. The van der Waals surface area contributed by atoms with Crippen LogP contribution in [-0.4, -0.2) is 31.0 Å². The zero-order valence-electron chi connectivity index (χ0n) is 17.5. The Kier molecular flexibility index (Phi) is 5.27. The zero-order chi connectivity index (χ0) is 22.4. The number of anilines is 1. The lowest BCUT2D eigenvalue weighted by Crippen LogP contribution is -2.27. The molecule has 9 heteroatoms. The van der Waals surface area contributed by atoms with Crippen LogP contribution in [0.15, 0.2) is 58.6 Å². The number of carbonyl (C=O) groups is 1. The van der Waals surface area contributed by atoms with E-state index < -0.39 is 0 Å². The minimum absolute atomic E-state index is 0.163. The summed E-state index contributed by atoms with van der Waals surface area (Å²) in [5.74, 6) is 0.448. The largest absolute Gasteiger partial charge is 0.326 e. The quantitative estimate of drug-likeness (QED) is 0.448. The van der Waals surface area contributed by atoms with Gasteiger partial charge in [-0.15, -0.1) is 0 Å². The summed E-state index contributed by atoms with van der Waals surface area (Å²) in [6.45, 7) is 4.05. The smallest absolute Gasteiger partial charge is 0.265 e. The van der Waals surface area contributed by atoms with E-state index in [9.17, 15) is 9.59 Å². The van der Waals surface area contributed by atoms with Gasteiger partial charge in [0.05, 0.1) is 17.9 Å². The molecule has 7 nitrogen and oxygen atoms in total. The number of benzene rings is 2. The molecule has 32 heavy (non-hydrogen) atoms. The van der Waals surface area contributed by atoms with E-state index in [1.807, 2.05) is 26.0 Å². The average molecular weight is 466 g/mol. The molecule has 0 saturated heterocycles. The second-order valence-corrected chi connectivity index (χ2v) is 9.30. The molecular weight excluding hydrogens is 446 g/mol. The van der Waals surface area contributed by atoms with Crippen LogP contribution in [0.25, 0.3) is 16.7 Å². The van der Waals surface area contributed by atoms with Gasteiger partial charge in [0.1, 0.15) is 5.39 Å². The van der Waals surface area contributed by atoms with Gasteiger partial charge in [-0.1, -0.05) is 41.1 Å². The third kappa shape index (κ3) is 3.69. The number of carbonyl (C=O) groups excluding carboxylic acids is 1. The van der Waals surface area contributed by atoms with Crippen LogP contribution in [0.5, 0.6) is 0 Å². The monoisotopic (exact) mass is 465 g/mol. The number of nitrogens with zero attached hydrogens (tertiary/aromatic N) is 4. The summed E-state index contributed by atoms with van der Waals surface area (Å²) in [5, 5.41) is 8.97. The molecule has 1 unspecified atom stereocenters. The molecule has 1 N–H and O–H groups in total. The number of nitrogens with one attached hydrogen (secondary N) is 1. The Morgan fingerprint density at radius 3 is 2.75 bits per heavy atom. The molecule has 0 fully saturated rings. The third-order valence-corrected chi connectivity index (χ3v) is 6.85. The summed E-state index contributed by atoms with van der Waals surface area (Å²) in [7, 11) is 0. The van der Waals surface area contributed by atoms with Crippen molar-refractivity contribution in [3.05, 3.63) is 75.2 Å². The Bertz CT molecular complexity index is 1410. The molecule has 3 heterocycles. The van der Waals surface area contributed by atoms with E-state index in [0.29, 0.717) is 32.7 Å². The van der Waals surface area contributed by atoms with Gasteiger partial charge in [0.25, 0.3) is 5.56 Å². The molecule has 1 aliphatic heterocycles. The average Bonchev–Trinajstić information content (AvgIpc) is 3.35. The predicted octanol–water partition coefficient (Wildman–Crippen LogP) is 4.53. The molecule has 0 bridgehead atoms. The zero-order valence-corrected chi connectivity index (χ0v) is 19.1. The fourth-order valence-electron chi connectivity index (χ4n) is 3.96. The van der Waals surface area contributed by atoms with Crippen LogP contribution in [0.1, 0.15) is 23.6 Å². The van der Waals surface area contributed by atoms with Crippen molar-refractivity contribution < 1.29 is 4.79 Å². The summed E-state index contributed by atoms with van der Waals surface area (Å²) in [5.41, 5.74) is 4.14. The highest BCUT2D eigenvalue weighted by Gasteiger charge is 2.29. The second-order valence-electron chi connectivity index (χ2n) is 7.88. The first-order chi connectivity index (χ1) is 15.4. The molecule has 4 aromatic rings. The highest BCUT2D eigenvalue weighted by Crippen LogP contribution is 2.34. The van der Waals surface area contributed by atoms with Crippen LogP contribution in [0.3, 0.4) is 0 Å². The van der Waals surface area contributed by atoms with Gasteiger partial charge in [-0.2, -0.15) is 5.10 Å². The first-order valence-electron chi connectivity index (χ1n) is 10.2. The third-order valence-electron chi connectivity index (χ3n) is 5.50. The lowest BCUT2D eigenvalue weighted by atomic mass is 10.1. The van der Waals surface area contributed by atoms with E-state index >= 15 is 0 Å². The maximum atomic E-state index is 13.3. The number of halogens is 1. The topological polar surface area (TPSA) is 81.8 Å². The minimum atomic E-state index is -0.267. The summed E-state index contributed by atoms with van der Waals surface area (Å²) in [6, 6.07) is 12.7. The van der Waals surface area contributed by atoms with Gasteiger partial charge >= 0.3 is 0 Å². The first kappa shape index (κ1) is 20.8. The summed E-state index contributed by atoms with van der Waals surface area (Å²) in [4.78, 5) is 30.6. The molecule has 2 aromatic heterocycles. The molecule has 5 rings (SSSR count). The molecule has 0 saturated carbocycles. The van der Waals surface area contributed by atoms with Crippen molar-refractivity contribution in [2.75, 3.05) is 11.1 Å². The standard InChI is InChI=1S/C23H20ClN5O2S/c1-13-3-8-19(14(2)9-13)29-21-18(11-25-29)22(31)28-17(12-32-23(28)27-21)10-20(30)26-16-6-4-15(24)5-7-16/h3-9,11,17H,10,12H2,1-2H3,(H,26,30). The van der Waals surface area contributed by atoms with Crippen LogP contribution in [-0.2, 0) is 4.79 Å². The Labute approximate surface area is 193 Å². The van der Waals surface area contributed by atoms with Crippen LogP contribution in [0.4, 0.5) is 5.69 Å². The van der Waals surface area contributed by atoms with Crippen LogP contribution in [0.2, 0.25) is 5.02 Å². The molecule has 0 radical (unpaired) electrons. The molecule has 1 aliphatic rings.